The van der Waals surface area contributed by atoms with E-state index in [0.29, 0.717) is 0 Å². The van der Waals surface area contributed by atoms with Crippen LogP contribution in [0.2, 0.25) is 0 Å². The molecule has 0 aliphatic heterocycles. The van der Waals surface area contributed by atoms with Gasteiger partial charge in [0.1, 0.15) is 0 Å². The Morgan fingerprint density at radius 2 is 2.56 bits per heavy atom. The third-order valence-corrected chi connectivity index (χ3v) is 1.60. The third-order valence-electron chi connectivity index (χ3n) is 0.782. The van der Waals surface area contributed by atoms with Crippen LogP contribution in [0.4, 0.5) is 4.39 Å². The normalized spacial score (nSPS) is 13.4. The molecule has 9 heavy (non-hydrogen) atoms. The van der Waals surface area contributed by atoms with Gasteiger partial charge in [0.25, 0.3) is 0 Å². The minimum absolute atomic E-state index is 0.887. The molecule has 1 rings (SSSR count). The molecule has 1 aromatic heterocycles. The van der Waals surface area contributed by atoms with Gasteiger partial charge in [-0.1, -0.05) is 0 Å². The van der Waals surface area contributed by atoms with Crippen molar-refractivity contribution < 1.29 is 8.60 Å². The summed E-state index contributed by atoms with van der Waals surface area (Å²) in [6, 6.07) is 0.704. The van der Waals surface area contributed by atoms with Crippen molar-refractivity contribution >= 4 is 11.0 Å². The van der Waals surface area contributed by atoms with Crippen LogP contribution in [-0.2, 0) is 11.0 Å². The van der Waals surface area contributed by atoms with E-state index in [1.165, 1.54) is 12.4 Å². The van der Waals surface area contributed by atoms with Crippen LogP contribution in [0.15, 0.2) is 18.5 Å². The van der Waals surface area contributed by atoms with Gasteiger partial charge in [0.15, 0.2) is 17.0 Å². The Morgan fingerprint density at radius 3 is 3.00 bits per heavy atom. The average molecular weight is 148 g/mol. The van der Waals surface area contributed by atoms with E-state index in [9.17, 15) is 8.60 Å². The lowest BCUT2D eigenvalue weighted by atomic mass is 10.8. The van der Waals surface area contributed by atoms with E-state index in [1.807, 2.05) is 0 Å². The molecule has 1 atom stereocenters. The Bertz CT molecular complexity index is 198. The molecular formula is C4H5FN2OS. The van der Waals surface area contributed by atoms with Crippen LogP contribution in [-0.4, -0.2) is 19.4 Å². The minimum atomic E-state index is -1.62. The van der Waals surface area contributed by atoms with E-state index in [0.717, 1.165) is 4.09 Å². The van der Waals surface area contributed by atoms with Gasteiger partial charge in [-0.15, -0.1) is 0 Å². The topological polar surface area (TPSA) is 34.9 Å². The summed E-state index contributed by atoms with van der Waals surface area (Å²) in [5.74, 6) is 0. The average Bonchev–Trinajstić information content (AvgIpc) is 2.37. The first-order valence-electron chi connectivity index (χ1n) is 2.29. The second-order valence-corrected chi connectivity index (χ2v) is 2.57. The van der Waals surface area contributed by atoms with Crippen molar-refractivity contribution in [3.63, 3.8) is 0 Å². The second-order valence-electron chi connectivity index (χ2n) is 1.34. The van der Waals surface area contributed by atoms with Crippen LogP contribution in [0, 0.1) is 0 Å². The molecule has 0 saturated heterocycles. The minimum Gasteiger partial charge on any atom is -0.234 e. The smallest absolute Gasteiger partial charge is 0.185 e. The first kappa shape index (κ1) is 6.41. The van der Waals surface area contributed by atoms with E-state index in [2.05, 4.69) is 5.10 Å². The van der Waals surface area contributed by atoms with Crippen LogP contribution in [0.5, 0.6) is 0 Å². The Hall–Kier alpha value is -0.710. The van der Waals surface area contributed by atoms with Crippen LogP contribution in [0.1, 0.15) is 0 Å². The zero-order valence-corrected chi connectivity index (χ0v) is 5.34. The van der Waals surface area contributed by atoms with E-state index in [1.54, 1.807) is 6.07 Å². The van der Waals surface area contributed by atoms with Gasteiger partial charge in [0.2, 0.25) is 0 Å². The summed E-state index contributed by atoms with van der Waals surface area (Å²) < 4.78 is 23.2. The fourth-order valence-electron chi connectivity index (χ4n) is 0.425. The Kier molecular flexibility index (Phi) is 1.94. The number of alkyl halides is 1. The van der Waals surface area contributed by atoms with Crippen LogP contribution in [0.25, 0.3) is 0 Å². The van der Waals surface area contributed by atoms with Crippen molar-refractivity contribution in [2.45, 2.75) is 0 Å². The van der Waals surface area contributed by atoms with Crippen molar-refractivity contribution in [3.8, 4) is 0 Å². The van der Waals surface area contributed by atoms with Crippen LogP contribution < -0.4 is 0 Å². The summed E-state index contributed by atoms with van der Waals surface area (Å²) in [5.41, 5.74) is 0. The van der Waals surface area contributed by atoms with Crippen molar-refractivity contribution in [1.29, 1.82) is 0 Å². The van der Waals surface area contributed by atoms with Gasteiger partial charge >= 0.3 is 0 Å². The summed E-state index contributed by atoms with van der Waals surface area (Å²) in [7, 11) is -1.62. The molecule has 0 fully saturated rings. The van der Waals surface area contributed by atoms with Crippen molar-refractivity contribution in [3.05, 3.63) is 18.5 Å². The molecule has 5 heteroatoms. The molecule has 0 amide bonds. The standard InChI is InChI=1S/C4H5FN2OS/c5-4-9(8)7-3-1-2-6-7/h1-3H,4H2. The van der Waals surface area contributed by atoms with E-state index in [4.69, 9.17) is 0 Å². The Labute approximate surface area is 54.1 Å². The molecule has 1 heterocycles. The van der Waals surface area contributed by atoms with Crippen LogP contribution in [0.3, 0.4) is 0 Å². The fraction of sp³-hybridized carbons (Fsp3) is 0.250. The predicted octanol–water partition coefficient (Wildman–Crippen LogP) is 0.322. The molecule has 0 spiro atoms. The van der Waals surface area contributed by atoms with Gasteiger partial charge in [-0.2, -0.15) is 9.19 Å². The van der Waals surface area contributed by atoms with Crippen molar-refractivity contribution in [1.82, 2.24) is 9.19 Å². The molecule has 50 valence electrons. The van der Waals surface area contributed by atoms with Gasteiger partial charge in [-0.05, 0) is 6.07 Å². The third kappa shape index (κ3) is 1.35. The summed E-state index contributed by atoms with van der Waals surface area (Å²) in [5, 5.41) is 3.56. The number of aromatic nitrogens is 2. The Balaban J connectivity index is 2.77. The lowest BCUT2D eigenvalue weighted by Gasteiger charge is -1.91. The predicted molar refractivity (Wildman–Crippen MR) is 31.7 cm³/mol. The fourth-order valence-corrected chi connectivity index (χ4v) is 0.891. The molecular weight excluding hydrogens is 143 g/mol. The molecule has 1 aromatic rings. The first-order valence-corrected chi connectivity index (χ1v) is 3.56. The van der Waals surface area contributed by atoms with Gasteiger partial charge in [-0.25, -0.2) is 8.60 Å². The molecule has 1 unspecified atom stereocenters. The van der Waals surface area contributed by atoms with Crippen LogP contribution >= 0.6 is 0 Å². The quantitative estimate of drug-likeness (QED) is 0.605. The zero-order valence-electron chi connectivity index (χ0n) is 4.53. The number of halogens is 1. The SMILES string of the molecule is O=S(CF)n1cccn1. The van der Waals surface area contributed by atoms with Gasteiger partial charge < -0.3 is 0 Å². The van der Waals surface area contributed by atoms with Gasteiger partial charge in [0.05, 0.1) is 6.20 Å². The molecule has 0 bridgehead atoms. The molecule has 0 saturated carbocycles. The maximum absolute atomic E-state index is 11.6. The highest BCUT2D eigenvalue weighted by Crippen LogP contribution is 1.88. The Morgan fingerprint density at radius 1 is 1.78 bits per heavy atom. The molecule has 0 radical (unpaired) electrons. The lowest BCUT2D eigenvalue weighted by Crippen LogP contribution is -2.05. The second kappa shape index (κ2) is 2.72. The molecule has 0 aromatic carbocycles. The molecule has 3 nitrogen and oxygen atoms in total. The molecule has 0 N–H and O–H groups in total. The van der Waals surface area contributed by atoms with Crippen molar-refractivity contribution in [2.75, 3.05) is 6.01 Å². The van der Waals surface area contributed by atoms with E-state index < -0.39 is 17.0 Å². The summed E-state index contributed by atoms with van der Waals surface area (Å²) in [6.45, 7) is 0. The maximum Gasteiger partial charge on any atom is 0.185 e. The monoisotopic (exact) mass is 148 g/mol. The van der Waals surface area contributed by atoms with E-state index in [-0.39, 0.29) is 0 Å². The first-order chi connectivity index (χ1) is 4.34. The highest BCUT2D eigenvalue weighted by molar-refractivity contribution is 7.83. The number of hydrogen-bond acceptors (Lipinski definition) is 2. The van der Waals surface area contributed by atoms with Gasteiger partial charge in [-0.3, -0.25) is 0 Å². The number of nitrogens with zero attached hydrogens (tertiary/aromatic N) is 2. The lowest BCUT2D eigenvalue weighted by molar-refractivity contribution is 0.573. The molecule has 0 aliphatic rings. The van der Waals surface area contributed by atoms with Crippen molar-refractivity contribution in [2.24, 2.45) is 0 Å². The zero-order chi connectivity index (χ0) is 6.69. The number of rotatable bonds is 2. The largest absolute Gasteiger partial charge is 0.234 e. The highest BCUT2D eigenvalue weighted by Gasteiger charge is 1.97. The maximum atomic E-state index is 11.6. The number of hydrogen-bond donors (Lipinski definition) is 0. The summed E-state index contributed by atoms with van der Waals surface area (Å²) >= 11 is 0. The summed E-state index contributed by atoms with van der Waals surface area (Å²) in [4.78, 5) is 0. The highest BCUT2D eigenvalue weighted by atomic mass is 32.2. The van der Waals surface area contributed by atoms with E-state index >= 15 is 0 Å². The summed E-state index contributed by atoms with van der Waals surface area (Å²) in [6.07, 6.45) is 2.91. The molecule has 0 aliphatic carbocycles. The van der Waals surface area contributed by atoms with Gasteiger partial charge in [0, 0.05) is 6.20 Å².